The zero-order valence-corrected chi connectivity index (χ0v) is 11.1. The highest BCUT2D eigenvalue weighted by molar-refractivity contribution is 6.33. The van der Waals surface area contributed by atoms with Crippen molar-refractivity contribution in [2.75, 3.05) is 6.54 Å². The predicted molar refractivity (Wildman–Crippen MR) is 72.7 cm³/mol. The third-order valence-corrected chi connectivity index (χ3v) is 2.89. The van der Waals surface area contributed by atoms with Crippen LogP contribution in [0.3, 0.4) is 0 Å². The van der Waals surface area contributed by atoms with Crippen LogP contribution in [0.4, 0.5) is 5.69 Å². The topological polar surface area (TPSA) is 90.1 Å². The van der Waals surface area contributed by atoms with Crippen LogP contribution in [-0.4, -0.2) is 27.2 Å². The maximum atomic E-state index is 11.8. The summed E-state index contributed by atoms with van der Waals surface area (Å²) in [5, 5.41) is 17.2. The van der Waals surface area contributed by atoms with E-state index in [9.17, 15) is 14.9 Å². The molecule has 1 aromatic heterocycles. The molecular formula is C12H11ClN4O3. The molecule has 7 nitrogen and oxygen atoms in total. The maximum Gasteiger partial charge on any atom is 0.287 e. The van der Waals surface area contributed by atoms with Gasteiger partial charge in [-0.2, -0.15) is 5.10 Å². The lowest BCUT2D eigenvalue weighted by Gasteiger charge is -2.06. The minimum atomic E-state index is -0.596. The van der Waals surface area contributed by atoms with Crippen LogP contribution >= 0.6 is 11.6 Å². The molecule has 0 unspecified atom stereocenters. The van der Waals surface area contributed by atoms with Crippen LogP contribution in [0, 0.1) is 10.1 Å². The largest absolute Gasteiger partial charge is 0.350 e. The number of nitro groups is 1. The van der Waals surface area contributed by atoms with E-state index in [0.717, 1.165) is 0 Å². The van der Waals surface area contributed by atoms with Gasteiger partial charge in [0.2, 0.25) is 0 Å². The van der Waals surface area contributed by atoms with Crippen LogP contribution in [0.2, 0.25) is 5.02 Å². The van der Waals surface area contributed by atoms with Crippen molar-refractivity contribution in [3.63, 3.8) is 0 Å². The van der Waals surface area contributed by atoms with Crippen LogP contribution in [0.1, 0.15) is 10.4 Å². The first-order valence-corrected chi connectivity index (χ1v) is 6.15. The number of amides is 1. The molecule has 0 atom stereocenters. The van der Waals surface area contributed by atoms with E-state index in [1.807, 2.05) is 0 Å². The maximum absolute atomic E-state index is 11.8. The third-order valence-electron chi connectivity index (χ3n) is 2.59. The van der Waals surface area contributed by atoms with E-state index >= 15 is 0 Å². The number of carbonyl (C=O) groups excluding carboxylic acids is 1. The van der Waals surface area contributed by atoms with Gasteiger partial charge in [0.25, 0.3) is 11.6 Å². The van der Waals surface area contributed by atoms with Crippen molar-refractivity contribution in [1.82, 2.24) is 15.1 Å². The number of hydrogen-bond acceptors (Lipinski definition) is 4. The number of benzene rings is 1. The Kier molecular flexibility index (Phi) is 4.31. The number of hydrogen-bond donors (Lipinski definition) is 1. The lowest BCUT2D eigenvalue weighted by atomic mass is 10.2. The number of nitro benzene ring substituents is 1. The Morgan fingerprint density at radius 1 is 1.50 bits per heavy atom. The summed E-state index contributed by atoms with van der Waals surface area (Å²) in [6, 6.07) is 5.65. The number of rotatable bonds is 5. The third kappa shape index (κ3) is 3.33. The quantitative estimate of drug-likeness (QED) is 0.673. The fraction of sp³-hybridized carbons (Fsp3) is 0.167. The highest BCUT2D eigenvalue weighted by atomic mass is 35.5. The Balaban J connectivity index is 1.95. The second kappa shape index (κ2) is 6.16. The van der Waals surface area contributed by atoms with Crippen LogP contribution in [0.5, 0.6) is 0 Å². The van der Waals surface area contributed by atoms with Gasteiger partial charge in [0, 0.05) is 30.6 Å². The van der Waals surface area contributed by atoms with Gasteiger partial charge in [0.05, 0.1) is 11.5 Å². The Hall–Kier alpha value is -2.41. The summed E-state index contributed by atoms with van der Waals surface area (Å²) in [5.41, 5.74) is 0.0563. The molecule has 0 bridgehead atoms. The van der Waals surface area contributed by atoms with Gasteiger partial charge in [-0.15, -0.1) is 0 Å². The van der Waals surface area contributed by atoms with Gasteiger partial charge >= 0.3 is 0 Å². The lowest BCUT2D eigenvalue weighted by molar-refractivity contribution is -0.384. The van der Waals surface area contributed by atoms with Crippen LogP contribution in [0.25, 0.3) is 0 Å². The molecule has 0 saturated carbocycles. The average molecular weight is 295 g/mol. The standard InChI is InChI=1S/C12H11ClN4O3/c13-10-8-9(2-3-11(10)17(19)20)12(18)14-5-7-16-6-1-4-15-16/h1-4,6,8H,5,7H2,(H,14,18). The molecule has 20 heavy (non-hydrogen) atoms. The van der Waals surface area contributed by atoms with Crippen molar-refractivity contribution in [3.8, 4) is 0 Å². The van der Waals surface area contributed by atoms with Crippen molar-refractivity contribution in [2.24, 2.45) is 0 Å². The minimum Gasteiger partial charge on any atom is -0.350 e. The molecule has 104 valence electrons. The molecular weight excluding hydrogens is 284 g/mol. The van der Waals surface area contributed by atoms with E-state index in [-0.39, 0.29) is 22.2 Å². The number of carbonyl (C=O) groups is 1. The Morgan fingerprint density at radius 3 is 2.90 bits per heavy atom. The highest BCUT2D eigenvalue weighted by Crippen LogP contribution is 2.24. The monoisotopic (exact) mass is 294 g/mol. The summed E-state index contributed by atoms with van der Waals surface area (Å²) >= 11 is 5.75. The molecule has 1 heterocycles. The lowest BCUT2D eigenvalue weighted by Crippen LogP contribution is -2.27. The first kappa shape index (κ1) is 14.0. The second-order valence-electron chi connectivity index (χ2n) is 3.95. The van der Waals surface area contributed by atoms with Gasteiger partial charge in [-0.25, -0.2) is 0 Å². The summed E-state index contributed by atoms with van der Waals surface area (Å²) in [4.78, 5) is 21.9. The number of nitrogens with zero attached hydrogens (tertiary/aromatic N) is 3. The Morgan fingerprint density at radius 2 is 2.30 bits per heavy atom. The first-order valence-electron chi connectivity index (χ1n) is 5.77. The molecule has 1 amide bonds. The molecule has 0 aliphatic carbocycles. The molecule has 0 aliphatic rings. The van der Waals surface area contributed by atoms with Crippen LogP contribution in [-0.2, 0) is 6.54 Å². The Labute approximate surface area is 119 Å². The predicted octanol–water partition coefficient (Wildman–Crippen LogP) is 1.87. The van der Waals surface area contributed by atoms with E-state index in [1.54, 1.807) is 23.1 Å². The second-order valence-corrected chi connectivity index (χ2v) is 4.36. The summed E-state index contributed by atoms with van der Waals surface area (Å²) in [6.07, 6.45) is 3.44. The summed E-state index contributed by atoms with van der Waals surface area (Å²) in [7, 11) is 0. The van der Waals surface area contributed by atoms with E-state index in [2.05, 4.69) is 10.4 Å². The zero-order chi connectivity index (χ0) is 14.5. The van der Waals surface area contributed by atoms with Crippen molar-refractivity contribution < 1.29 is 9.72 Å². The van der Waals surface area contributed by atoms with Crippen LogP contribution in [0.15, 0.2) is 36.7 Å². The van der Waals surface area contributed by atoms with E-state index in [0.29, 0.717) is 13.1 Å². The highest BCUT2D eigenvalue weighted by Gasteiger charge is 2.14. The van der Waals surface area contributed by atoms with E-state index in [4.69, 9.17) is 11.6 Å². The van der Waals surface area contributed by atoms with Gasteiger partial charge < -0.3 is 5.32 Å². The van der Waals surface area contributed by atoms with Gasteiger partial charge in [-0.05, 0) is 18.2 Å². The minimum absolute atomic E-state index is 0.0604. The van der Waals surface area contributed by atoms with E-state index in [1.165, 1.54) is 18.2 Å². The molecule has 2 aromatic rings. The summed E-state index contributed by atoms with van der Waals surface area (Å²) in [5.74, 6) is -0.339. The number of nitrogens with one attached hydrogen (secondary N) is 1. The van der Waals surface area contributed by atoms with Gasteiger partial charge in [-0.3, -0.25) is 19.6 Å². The fourth-order valence-electron chi connectivity index (χ4n) is 1.61. The molecule has 1 aromatic carbocycles. The first-order chi connectivity index (χ1) is 9.58. The average Bonchev–Trinajstić information content (AvgIpc) is 2.91. The summed E-state index contributed by atoms with van der Waals surface area (Å²) in [6.45, 7) is 0.939. The van der Waals surface area contributed by atoms with Crippen LogP contribution < -0.4 is 5.32 Å². The molecule has 1 N–H and O–H groups in total. The molecule has 0 aliphatic heterocycles. The molecule has 0 spiro atoms. The van der Waals surface area contributed by atoms with Crippen molar-refractivity contribution in [1.29, 1.82) is 0 Å². The van der Waals surface area contributed by atoms with Crippen molar-refractivity contribution in [2.45, 2.75) is 6.54 Å². The Bertz CT molecular complexity index is 628. The SMILES string of the molecule is O=C(NCCn1cccn1)c1ccc([N+](=O)[O-])c(Cl)c1. The molecule has 0 fully saturated rings. The number of aromatic nitrogens is 2. The van der Waals surface area contributed by atoms with Gasteiger partial charge in [-0.1, -0.05) is 11.6 Å². The zero-order valence-electron chi connectivity index (χ0n) is 10.3. The van der Waals surface area contributed by atoms with Crippen molar-refractivity contribution >= 4 is 23.2 Å². The molecule has 8 heteroatoms. The van der Waals surface area contributed by atoms with E-state index < -0.39 is 4.92 Å². The van der Waals surface area contributed by atoms with Crippen molar-refractivity contribution in [3.05, 3.63) is 57.4 Å². The molecule has 0 saturated heterocycles. The molecule has 0 radical (unpaired) electrons. The normalized spacial score (nSPS) is 10.2. The molecule has 2 rings (SSSR count). The smallest absolute Gasteiger partial charge is 0.287 e. The van der Waals surface area contributed by atoms with Gasteiger partial charge in [0.15, 0.2) is 0 Å². The summed E-state index contributed by atoms with van der Waals surface area (Å²) < 4.78 is 1.68. The number of halogens is 1. The van der Waals surface area contributed by atoms with Gasteiger partial charge in [0.1, 0.15) is 5.02 Å². The fourth-order valence-corrected chi connectivity index (χ4v) is 1.86.